The summed E-state index contributed by atoms with van der Waals surface area (Å²) in [6.45, 7) is 2.60. The average Bonchev–Trinajstić information content (AvgIpc) is 3.13. The van der Waals surface area contributed by atoms with Gasteiger partial charge in [0.15, 0.2) is 0 Å². The molecule has 0 spiro atoms. The summed E-state index contributed by atoms with van der Waals surface area (Å²) in [4.78, 5) is 21.4. The van der Waals surface area contributed by atoms with Gasteiger partial charge < -0.3 is 25.0 Å². The second kappa shape index (κ2) is 10.4. The van der Waals surface area contributed by atoms with Gasteiger partial charge in [-0.15, -0.1) is 0 Å². The maximum Gasteiger partial charge on any atom is 0.328 e. The molecule has 1 atom stereocenters. The van der Waals surface area contributed by atoms with Crippen LogP contribution in [0, 0.1) is 0 Å². The lowest BCUT2D eigenvalue weighted by molar-refractivity contribution is -0.134. The normalized spacial score (nSPS) is 17.5. The molecule has 32 heavy (non-hydrogen) atoms. The summed E-state index contributed by atoms with van der Waals surface area (Å²) < 4.78 is 7.03. The zero-order valence-corrected chi connectivity index (χ0v) is 19.7. The molecule has 9 heteroatoms. The number of benzene rings is 2. The molecular formula is C23H23BrClNO6. The highest BCUT2D eigenvalue weighted by Crippen LogP contribution is 2.43. The Labute approximate surface area is 199 Å². The maximum atomic E-state index is 10.2. The number of phenols is 1. The van der Waals surface area contributed by atoms with Crippen LogP contribution in [0.5, 0.6) is 11.5 Å². The van der Waals surface area contributed by atoms with Crippen LogP contribution in [-0.2, 0) is 22.4 Å². The number of carboxylic acid groups (broad SMARTS) is 2. The van der Waals surface area contributed by atoms with Crippen molar-refractivity contribution in [2.24, 2.45) is 0 Å². The van der Waals surface area contributed by atoms with Gasteiger partial charge in [-0.05, 0) is 54.4 Å². The number of rotatable bonds is 3. The molecule has 2 heterocycles. The molecule has 2 aromatic rings. The number of carboxylic acids is 2. The highest BCUT2D eigenvalue weighted by Gasteiger charge is 2.29. The summed E-state index contributed by atoms with van der Waals surface area (Å²) in [5.74, 6) is -1.20. The Morgan fingerprint density at radius 2 is 1.78 bits per heavy atom. The Morgan fingerprint density at radius 3 is 2.44 bits per heavy atom. The zero-order valence-electron chi connectivity index (χ0n) is 17.3. The topological polar surface area (TPSA) is 107 Å². The molecule has 0 bridgehead atoms. The van der Waals surface area contributed by atoms with E-state index >= 15 is 0 Å². The van der Waals surface area contributed by atoms with Crippen molar-refractivity contribution in [3.8, 4) is 11.5 Å². The van der Waals surface area contributed by atoms with Gasteiger partial charge in [0.25, 0.3) is 0 Å². The van der Waals surface area contributed by atoms with Crippen LogP contribution in [0.15, 0.2) is 40.9 Å². The Bertz CT molecular complexity index is 1050. The molecule has 0 aliphatic carbocycles. The minimum atomic E-state index is -1.26. The number of aromatic hydroxyl groups is 1. The van der Waals surface area contributed by atoms with Crippen molar-refractivity contribution in [1.82, 2.24) is 4.90 Å². The first-order chi connectivity index (χ1) is 15.2. The largest absolute Gasteiger partial charge is 0.506 e. The van der Waals surface area contributed by atoms with E-state index in [1.807, 2.05) is 12.1 Å². The number of fused-ring (bicyclic) bond motifs is 2. The van der Waals surface area contributed by atoms with Crippen molar-refractivity contribution in [3.05, 3.63) is 68.2 Å². The molecule has 2 aliphatic rings. The molecule has 4 rings (SSSR count). The highest BCUT2D eigenvalue weighted by atomic mass is 79.9. The average molecular weight is 525 g/mol. The van der Waals surface area contributed by atoms with Crippen LogP contribution < -0.4 is 4.74 Å². The number of halogens is 2. The summed E-state index contributed by atoms with van der Waals surface area (Å²) in [5, 5.41) is 26.2. The van der Waals surface area contributed by atoms with Crippen molar-refractivity contribution in [3.63, 3.8) is 0 Å². The van der Waals surface area contributed by atoms with E-state index in [0.29, 0.717) is 17.2 Å². The van der Waals surface area contributed by atoms with Crippen LogP contribution in [-0.4, -0.2) is 58.9 Å². The molecule has 170 valence electrons. The van der Waals surface area contributed by atoms with Crippen LogP contribution in [0.4, 0.5) is 0 Å². The second-order valence-electron chi connectivity index (χ2n) is 7.66. The van der Waals surface area contributed by atoms with E-state index < -0.39 is 11.9 Å². The first-order valence-electron chi connectivity index (χ1n) is 9.94. The second-order valence-corrected chi connectivity index (χ2v) is 8.98. The van der Waals surface area contributed by atoms with Crippen molar-refractivity contribution in [1.29, 1.82) is 0 Å². The lowest BCUT2D eigenvalue weighted by Crippen LogP contribution is -2.24. The summed E-state index contributed by atoms with van der Waals surface area (Å²) in [5.41, 5.74) is 4.80. The third-order valence-corrected chi connectivity index (χ3v) is 6.12. The third-order valence-electron chi connectivity index (χ3n) is 5.36. The fraction of sp³-hybridized carbons (Fsp3) is 0.304. The van der Waals surface area contributed by atoms with Gasteiger partial charge in [0, 0.05) is 47.6 Å². The first-order valence-corrected chi connectivity index (χ1v) is 11.1. The van der Waals surface area contributed by atoms with Gasteiger partial charge in [0.05, 0.1) is 11.6 Å². The van der Waals surface area contributed by atoms with Crippen molar-refractivity contribution in [2.75, 3.05) is 26.7 Å². The number of carbonyl (C=O) groups is 2. The summed E-state index contributed by atoms with van der Waals surface area (Å²) in [6.07, 6.45) is 2.99. The number of aliphatic carboxylic acids is 2. The predicted octanol–water partition coefficient (Wildman–Crippen LogP) is 4.07. The number of phenolic OH excluding ortho intramolecular Hbond substituents is 1. The summed E-state index contributed by atoms with van der Waals surface area (Å²) >= 11 is 9.80. The van der Waals surface area contributed by atoms with Gasteiger partial charge >= 0.3 is 11.9 Å². The molecule has 0 saturated carbocycles. The molecule has 2 aromatic carbocycles. The standard InChI is InChI=1S/C19H19BrClNO2.C4H4O4/c1-22-4-2-11-7-17(21)18(23)9-14(11)16(10-22)15-8-13(20)6-12-3-5-24-19(12)15;5-3(6)1-2-4(7)8/h6-9,16,23H,2-5,10H2,1H3;1-2H,(H,5,6)(H,7,8)/b;2-1-/t16-;/m0./s1. The van der Waals surface area contributed by atoms with Crippen LogP contribution >= 0.6 is 27.5 Å². The zero-order chi connectivity index (χ0) is 23.4. The van der Waals surface area contributed by atoms with E-state index in [4.69, 9.17) is 26.6 Å². The Hall–Kier alpha value is -2.55. The van der Waals surface area contributed by atoms with E-state index in [9.17, 15) is 14.7 Å². The lowest BCUT2D eigenvalue weighted by atomic mass is 9.86. The van der Waals surface area contributed by atoms with E-state index in [2.05, 4.69) is 40.0 Å². The number of nitrogens with zero attached hydrogens (tertiary/aromatic N) is 1. The monoisotopic (exact) mass is 523 g/mol. The molecule has 0 aromatic heterocycles. The van der Waals surface area contributed by atoms with Gasteiger partial charge in [0.2, 0.25) is 0 Å². The molecular weight excluding hydrogens is 502 g/mol. The molecule has 3 N–H and O–H groups in total. The Morgan fingerprint density at radius 1 is 1.09 bits per heavy atom. The fourth-order valence-corrected chi connectivity index (χ4v) is 4.65. The molecule has 7 nitrogen and oxygen atoms in total. The van der Waals surface area contributed by atoms with Crippen LogP contribution in [0.2, 0.25) is 5.02 Å². The molecule has 2 aliphatic heterocycles. The molecule has 0 amide bonds. The maximum absolute atomic E-state index is 10.2. The summed E-state index contributed by atoms with van der Waals surface area (Å²) in [6, 6.07) is 8.05. The Balaban J connectivity index is 0.000000312. The third kappa shape index (κ3) is 5.82. The number of hydrogen-bond donors (Lipinski definition) is 3. The molecule has 0 fully saturated rings. The number of likely N-dealkylation sites (N-methyl/N-ethyl adjacent to an activating group) is 1. The smallest absolute Gasteiger partial charge is 0.328 e. The predicted molar refractivity (Wildman–Crippen MR) is 124 cm³/mol. The van der Waals surface area contributed by atoms with E-state index in [1.165, 1.54) is 16.7 Å². The van der Waals surface area contributed by atoms with Gasteiger partial charge in [-0.2, -0.15) is 0 Å². The minimum Gasteiger partial charge on any atom is -0.506 e. The van der Waals surface area contributed by atoms with E-state index in [0.717, 1.165) is 48.3 Å². The van der Waals surface area contributed by atoms with Crippen molar-refractivity contribution < 1.29 is 29.6 Å². The molecule has 0 saturated heterocycles. The molecule has 0 radical (unpaired) electrons. The lowest BCUT2D eigenvalue weighted by Gasteiger charge is -2.24. The first kappa shape index (κ1) is 24.1. The number of hydrogen-bond acceptors (Lipinski definition) is 5. The van der Waals surface area contributed by atoms with Crippen molar-refractivity contribution in [2.45, 2.75) is 18.8 Å². The van der Waals surface area contributed by atoms with Crippen LogP contribution in [0.1, 0.15) is 28.2 Å². The van der Waals surface area contributed by atoms with Crippen LogP contribution in [0.25, 0.3) is 0 Å². The Kier molecular flexibility index (Phi) is 7.82. The minimum absolute atomic E-state index is 0.150. The summed E-state index contributed by atoms with van der Waals surface area (Å²) in [7, 11) is 2.14. The van der Waals surface area contributed by atoms with Crippen LogP contribution in [0.3, 0.4) is 0 Å². The van der Waals surface area contributed by atoms with E-state index in [-0.39, 0.29) is 11.7 Å². The van der Waals surface area contributed by atoms with Gasteiger partial charge in [-0.25, -0.2) is 9.59 Å². The van der Waals surface area contributed by atoms with E-state index in [1.54, 1.807) is 0 Å². The quantitative estimate of drug-likeness (QED) is 0.520. The fourth-order valence-electron chi connectivity index (χ4n) is 3.94. The molecule has 0 unspecified atom stereocenters. The van der Waals surface area contributed by atoms with Gasteiger partial charge in [0.1, 0.15) is 11.5 Å². The highest BCUT2D eigenvalue weighted by molar-refractivity contribution is 9.10. The SMILES string of the molecule is CN1CCc2cc(Cl)c(O)cc2[C@@H](c2cc(Br)cc3c2OCC3)C1.O=C(O)/C=C\C(=O)O. The van der Waals surface area contributed by atoms with Crippen molar-refractivity contribution >= 4 is 39.5 Å². The van der Waals surface area contributed by atoms with Gasteiger partial charge in [-0.3, -0.25) is 0 Å². The van der Waals surface area contributed by atoms with Gasteiger partial charge in [-0.1, -0.05) is 27.5 Å². The number of ether oxygens (including phenoxy) is 1.